The highest BCUT2D eigenvalue weighted by Gasteiger charge is 2.22. The van der Waals surface area contributed by atoms with Crippen LogP contribution in [0.1, 0.15) is 0 Å². The number of amides is 1. The Morgan fingerprint density at radius 2 is 2.09 bits per heavy atom. The maximum atomic E-state index is 12.3. The van der Waals surface area contributed by atoms with Crippen LogP contribution in [0.4, 0.5) is 5.82 Å². The van der Waals surface area contributed by atoms with Gasteiger partial charge in [-0.3, -0.25) is 9.36 Å². The maximum absolute atomic E-state index is 12.3. The molecule has 1 aliphatic rings. The summed E-state index contributed by atoms with van der Waals surface area (Å²) in [7, 11) is 1.63. The van der Waals surface area contributed by atoms with E-state index in [1.54, 1.807) is 13.2 Å². The summed E-state index contributed by atoms with van der Waals surface area (Å²) in [4.78, 5) is 31.9. The minimum absolute atomic E-state index is 0.0612. The number of aromatic nitrogens is 4. The summed E-state index contributed by atoms with van der Waals surface area (Å²) < 4.78 is 1.40. The third-order valence-electron chi connectivity index (χ3n) is 3.77. The van der Waals surface area contributed by atoms with Crippen molar-refractivity contribution < 1.29 is 4.79 Å². The van der Waals surface area contributed by atoms with Gasteiger partial charge < -0.3 is 9.80 Å². The molecule has 2 aromatic heterocycles. The third kappa shape index (κ3) is 3.55. The van der Waals surface area contributed by atoms with Gasteiger partial charge in [0.1, 0.15) is 5.82 Å². The van der Waals surface area contributed by atoms with Crippen molar-refractivity contribution in [1.82, 2.24) is 24.6 Å². The molecular formula is C14H18N6O2S. The van der Waals surface area contributed by atoms with Gasteiger partial charge in [-0.1, -0.05) is 17.8 Å². The normalized spacial score (nSPS) is 15.0. The van der Waals surface area contributed by atoms with Gasteiger partial charge in [0.05, 0.1) is 5.75 Å². The van der Waals surface area contributed by atoms with E-state index >= 15 is 0 Å². The molecule has 8 nitrogen and oxygen atoms in total. The molecule has 0 bridgehead atoms. The minimum Gasteiger partial charge on any atom is -0.353 e. The first-order valence-electron chi connectivity index (χ1n) is 7.33. The van der Waals surface area contributed by atoms with Gasteiger partial charge in [-0.2, -0.15) is 0 Å². The number of carbonyl (C=O) groups is 1. The second-order valence-electron chi connectivity index (χ2n) is 5.21. The Bertz CT molecular complexity index is 720. The molecule has 1 aliphatic heterocycles. The highest BCUT2D eigenvalue weighted by Crippen LogP contribution is 2.16. The van der Waals surface area contributed by atoms with Crippen LogP contribution < -0.4 is 10.6 Å². The van der Waals surface area contributed by atoms with E-state index in [2.05, 4.69) is 20.1 Å². The Hall–Kier alpha value is -2.29. The van der Waals surface area contributed by atoms with Crippen LogP contribution in [0, 0.1) is 0 Å². The molecule has 2 aromatic rings. The third-order valence-corrected chi connectivity index (χ3v) is 4.78. The predicted octanol–water partition coefficient (Wildman–Crippen LogP) is -0.0557. The lowest BCUT2D eigenvalue weighted by Crippen LogP contribution is -2.49. The second kappa shape index (κ2) is 6.86. The molecule has 0 spiro atoms. The lowest BCUT2D eigenvalue weighted by atomic mass is 10.3. The fourth-order valence-corrected chi connectivity index (χ4v) is 3.23. The van der Waals surface area contributed by atoms with Crippen molar-refractivity contribution in [1.29, 1.82) is 0 Å². The molecule has 3 rings (SSSR count). The zero-order chi connectivity index (χ0) is 16.2. The average Bonchev–Trinajstić information content (AvgIpc) is 2.92. The molecule has 0 atom stereocenters. The van der Waals surface area contributed by atoms with E-state index in [4.69, 9.17) is 0 Å². The van der Waals surface area contributed by atoms with Gasteiger partial charge in [0.25, 0.3) is 0 Å². The van der Waals surface area contributed by atoms with Crippen LogP contribution in [0.15, 0.2) is 34.3 Å². The molecule has 3 heterocycles. The monoisotopic (exact) mass is 334 g/mol. The van der Waals surface area contributed by atoms with Crippen molar-refractivity contribution in [3.8, 4) is 0 Å². The first-order valence-corrected chi connectivity index (χ1v) is 8.31. The predicted molar refractivity (Wildman–Crippen MR) is 87.6 cm³/mol. The lowest BCUT2D eigenvalue weighted by molar-refractivity contribution is -0.128. The summed E-state index contributed by atoms with van der Waals surface area (Å²) in [6.45, 7) is 2.90. The summed E-state index contributed by atoms with van der Waals surface area (Å²) in [6.07, 6.45) is 1.78. The van der Waals surface area contributed by atoms with Gasteiger partial charge in [-0.15, -0.1) is 5.10 Å². The Balaban J connectivity index is 1.50. The second-order valence-corrected chi connectivity index (χ2v) is 6.16. The van der Waals surface area contributed by atoms with Crippen LogP contribution in [0.5, 0.6) is 0 Å². The zero-order valence-corrected chi connectivity index (χ0v) is 13.6. The summed E-state index contributed by atoms with van der Waals surface area (Å²) in [5.41, 5.74) is -0.274. The van der Waals surface area contributed by atoms with Crippen molar-refractivity contribution in [2.45, 2.75) is 5.16 Å². The van der Waals surface area contributed by atoms with E-state index in [1.807, 2.05) is 23.1 Å². The first kappa shape index (κ1) is 15.6. The molecule has 1 saturated heterocycles. The first-order chi connectivity index (χ1) is 11.1. The van der Waals surface area contributed by atoms with Crippen LogP contribution in [-0.2, 0) is 11.8 Å². The highest BCUT2D eigenvalue weighted by atomic mass is 32.2. The molecule has 0 unspecified atom stereocenters. The highest BCUT2D eigenvalue weighted by molar-refractivity contribution is 7.99. The van der Waals surface area contributed by atoms with Gasteiger partial charge in [0.15, 0.2) is 5.16 Å². The summed E-state index contributed by atoms with van der Waals surface area (Å²) in [6, 6.07) is 5.83. The van der Waals surface area contributed by atoms with Gasteiger partial charge in [0, 0.05) is 39.4 Å². The molecule has 122 valence electrons. The number of hydrogen-bond acceptors (Lipinski definition) is 6. The number of pyridine rings is 1. The zero-order valence-electron chi connectivity index (χ0n) is 12.8. The molecule has 1 amide bonds. The van der Waals surface area contributed by atoms with Gasteiger partial charge in [0.2, 0.25) is 5.91 Å². The Morgan fingerprint density at radius 1 is 1.30 bits per heavy atom. The van der Waals surface area contributed by atoms with Crippen LogP contribution in [-0.4, -0.2) is 62.5 Å². The molecule has 0 aliphatic carbocycles. The molecule has 0 saturated carbocycles. The van der Waals surface area contributed by atoms with Crippen molar-refractivity contribution in [2.75, 3.05) is 36.8 Å². The van der Waals surface area contributed by atoms with E-state index in [-0.39, 0.29) is 17.3 Å². The number of piperazine rings is 1. The smallest absolute Gasteiger partial charge is 0.343 e. The maximum Gasteiger partial charge on any atom is 0.343 e. The number of H-pyrrole nitrogens is 1. The standard InChI is InChI=1S/C14H18N6O2S/c1-18-13(22)16-17-14(18)23-10-12(21)20-8-6-19(7-9-20)11-4-2-3-5-15-11/h2-5H,6-10H2,1H3,(H,16,22). The number of nitrogens with zero attached hydrogens (tertiary/aromatic N) is 5. The van der Waals surface area contributed by atoms with Gasteiger partial charge in [-0.05, 0) is 12.1 Å². The van der Waals surface area contributed by atoms with Crippen molar-refractivity contribution in [2.24, 2.45) is 7.05 Å². The van der Waals surface area contributed by atoms with Crippen LogP contribution in [0.2, 0.25) is 0 Å². The lowest BCUT2D eigenvalue weighted by Gasteiger charge is -2.35. The number of rotatable bonds is 4. The molecule has 0 radical (unpaired) electrons. The van der Waals surface area contributed by atoms with Crippen molar-refractivity contribution in [3.63, 3.8) is 0 Å². The van der Waals surface area contributed by atoms with E-state index in [0.717, 1.165) is 18.9 Å². The quantitative estimate of drug-likeness (QED) is 0.789. The molecule has 1 fully saturated rings. The number of carbonyl (C=O) groups excluding carboxylic acids is 1. The fraction of sp³-hybridized carbons (Fsp3) is 0.429. The van der Waals surface area contributed by atoms with Crippen molar-refractivity contribution >= 4 is 23.5 Å². The number of anilines is 1. The summed E-state index contributed by atoms with van der Waals surface area (Å²) >= 11 is 1.27. The number of thioether (sulfide) groups is 1. The molecule has 0 aromatic carbocycles. The average molecular weight is 334 g/mol. The number of hydrogen-bond donors (Lipinski definition) is 1. The van der Waals surface area contributed by atoms with Crippen LogP contribution in [0.25, 0.3) is 0 Å². The number of aromatic amines is 1. The molecule has 9 heteroatoms. The number of nitrogens with one attached hydrogen (secondary N) is 1. The molecule has 23 heavy (non-hydrogen) atoms. The fourth-order valence-electron chi connectivity index (χ4n) is 2.40. The van der Waals surface area contributed by atoms with E-state index in [0.29, 0.717) is 18.2 Å². The Kier molecular flexibility index (Phi) is 4.65. The SMILES string of the molecule is Cn1c(SCC(=O)N2CCN(c3ccccn3)CC2)n[nH]c1=O. The molecular weight excluding hydrogens is 316 g/mol. The molecule has 1 N–H and O–H groups in total. The van der Waals surface area contributed by atoms with Crippen LogP contribution >= 0.6 is 11.8 Å². The van der Waals surface area contributed by atoms with Gasteiger partial charge in [-0.25, -0.2) is 14.9 Å². The van der Waals surface area contributed by atoms with Crippen LogP contribution in [0.3, 0.4) is 0 Å². The Labute approximate surface area is 137 Å². The Morgan fingerprint density at radius 3 is 2.70 bits per heavy atom. The topological polar surface area (TPSA) is 87.1 Å². The largest absolute Gasteiger partial charge is 0.353 e. The van der Waals surface area contributed by atoms with Gasteiger partial charge >= 0.3 is 5.69 Å². The van der Waals surface area contributed by atoms with E-state index in [9.17, 15) is 9.59 Å². The van der Waals surface area contributed by atoms with E-state index < -0.39 is 0 Å². The summed E-state index contributed by atoms with van der Waals surface area (Å²) in [5, 5.41) is 6.77. The minimum atomic E-state index is -0.274. The van der Waals surface area contributed by atoms with Crippen molar-refractivity contribution in [3.05, 3.63) is 34.9 Å². The summed E-state index contributed by atoms with van der Waals surface area (Å²) in [5.74, 6) is 1.29. The van der Waals surface area contributed by atoms with E-state index in [1.165, 1.54) is 16.3 Å².